The monoisotopic (exact) mass is 564 g/mol. The molecular formula is C29H32N4O6S. The second-order valence-corrected chi connectivity index (χ2v) is 10.7. The van der Waals surface area contributed by atoms with Crippen molar-refractivity contribution < 1.29 is 27.5 Å². The van der Waals surface area contributed by atoms with E-state index < -0.39 is 28.2 Å². The number of hydrogen-bond acceptors (Lipinski definition) is 6. The van der Waals surface area contributed by atoms with Crippen molar-refractivity contribution in [2.75, 3.05) is 26.2 Å². The van der Waals surface area contributed by atoms with Crippen molar-refractivity contribution >= 4 is 38.7 Å². The van der Waals surface area contributed by atoms with E-state index in [2.05, 4.69) is 10.0 Å². The number of anilines is 1. The van der Waals surface area contributed by atoms with Gasteiger partial charge in [-0.15, -0.1) is 0 Å². The molecule has 0 aliphatic rings. The molecule has 10 nitrogen and oxygen atoms in total. The van der Waals surface area contributed by atoms with Crippen LogP contribution >= 0.6 is 0 Å². The Balaban J connectivity index is 1.56. The van der Waals surface area contributed by atoms with Gasteiger partial charge < -0.3 is 19.7 Å². The van der Waals surface area contributed by atoms with Gasteiger partial charge in [-0.25, -0.2) is 13.5 Å². The minimum atomic E-state index is -4.36. The molecule has 0 aliphatic carbocycles. The summed E-state index contributed by atoms with van der Waals surface area (Å²) in [6, 6.07) is 21.1. The van der Waals surface area contributed by atoms with Gasteiger partial charge in [0.25, 0.3) is 0 Å². The second-order valence-electron chi connectivity index (χ2n) is 9.23. The van der Waals surface area contributed by atoms with Gasteiger partial charge >= 0.3 is 16.2 Å². The molecule has 0 saturated heterocycles. The fourth-order valence-corrected chi connectivity index (χ4v) is 5.70. The molecule has 1 atom stereocenters. The van der Waals surface area contributed by atoms with Gasteiger partial charge in [0, 0.05) is 29.9 Å². The summed E-state index contributed by atoms with van der Waals surface area (Å²) in [5.41, 5.74) is 2.33. The number of benzene rings is 3. The molecule has 0 fully saturated rings. The van der Waals surface area contributed by atoms with Crippen molar-refractivity contribution in [2.24, 2.45) is 0 Å². The van der Waals surface area contributed by atoms with E-state index in [-0.39, 0.29) is 6.42 Å². The lowest BCUT2D eigenvalue weighted by Gasteiger charge is -2.25. The Hall–Kier alpha value is -4.51. The van der Waals surface area contributed by atoms with Gasteiger partial charge in [-0.2, -0.15) is 8.42 Å². The van der Waals surface area contributed by atoms with Gasteiger partial charge in [-0.05, 0) is 67.8 Å². The van der Waals surface area contributed by atoms with Gasteiger partial charge in [0.2, 0.25) is 5.91 Å². The number of amides is 3. The molecule has 0 saturated carbocycles. The predicted molar refractivity (Wildman–Crippen MR) is 154 cm³/mol. The first-order chi connectivity index (χ1) is 19.1. The number of carbonyl (C=O) groups is 2. The first kappa shape index (κ1) is 28.5. The summed E-state index contributed by atoms with van der Waals surface area (Å²) in [5, 5.41) is 3.25. The van der Waals surface area contributed by atoms with Gasteiger partial charge in [0.05, 0.1) is 19.7 Å². The maximum absolute atomic E-state index is 13.5. The number of ether oxygens (including phenoxy) is 2. The van der Waals surface area contributed by atoms with Gasteiger partial charge in [-0.1, -0.05) is 30.3 Å². The van der Waals surface area contributed by atoms with E-state index in [1.54, 1.807) is 69.6 Å². The van der Waals surface area contributed by atoms with E-state index in [0.29, 0.717) is 40.2 Å². The number of nitrogens with one attached hydrogen (secondary N) is 2. The largest absolute Gasteiger partial charge is 0.497 e. The molecule has 2 N–H and O–H groups in total. The molecule has 4 aromatic rings. The van der Waals surface area contributed by atoms with Crippen LogP contribution in [0.5, 0.6) is 11.5 Å². The number of aromatic nitrogens is 1. The molecule has 1 aromatic heterocycles. The Kier molecular flexibility index (Phi) is 8.64. The molecule has 210 valence electrons. The van der Waals surface area contributed by atoms with Crippen molar-refractivity contribution in [1.29, 1.82) is 0 Å². The maximum Gasteiger partial charge on any atom is 0.331 e. The lowest BCUT2D eigenvalue weighted by molar-refractivity contribution is -0.120. The van der Waals surface area contributed by atoms with Crippen LogP contribution in [0.1, 0.15) is 17.7 Å². The zero-order valence-electron chi connectivity index (χ0n) is 22.7. The lowest BCUT2D eigenvalue weighted by atomic mass is 10.0. The number of likely N-dealkylation sites (N-methyl/N-ethyl adjacent to an activating group) is 1. The van der Waals surface area contributed by atoms with Crippen LogP contribution in [0.3, 0.4) is 0 Å². The number of nitrogens with zero attached hydrogens (tertiary/aromatic N) is 2. The lowest BCUT2D eigenvalue weighted by Crippen LogP contribution is -2.52. The van der Waals surface area contributed by atoms with Crippen LogP contribution in [-0.2, 0) is 21.4 Å². The van der Waals surface area contributed by atoms with Crippen molar-refractivity contribution in [3.63, 3.8) is 0 Å². The van der Waals surface area contributed by atoms with Crippen LogP contribution in [0.4, 0.5) is 10.5 Å². The Labute approximate surface area is 233 Å². The third kappa shape index (κ3) is 6.37. The molecule has 11 heteroatoms. The first-order valence-corrected chi connectivity index (χ1v) is 14.0. The molecule has 4 rings (SSSR count). The number of methoxy groups -OCH3 is 2. The third-order valence-corrected chi connectivity index (χ3v) is 7.97. The highest BCUT2D eigenvalue weighted by Gasteiger charge is 2.28. The normalized spacial score (nSPS) is 12.0. The van der Waals surface area contributed by atoms with E-state index in [1.165, 1.54) is 12.0 Å². The highest BCUT2D eigenvalue weighted by molar-refractivity contribution is 7.88. The Morgan fingerprint density at radius 1 is 0.925 bits per heavy atom. The number of fused-ring (bicyclic) bond motifs is 1. The topological polar surface area (TPSA) is 119 Å². The molecule has 0 radical (unpaired) electrons. The number of aryl methyl sites for hydroxylation is 2. The maximum atomic E-state index is 13.5. The van der Waals surface area contributed by atoms with E-state index in [9.17, 15) is 18.0 Å². The highest BCUT2D eigenvalue weighted by Crippen LogP contribution is 2.25. The Morgan fingerprint density at radius 3 is 2.23 bits per heavy atom. The third-order valence-electron chi connectivity index (χ3n) is 6.56. The van der Waals surface area contributed by atoms with Crippen molar-refractivity contribution in [3.8, 4) is 11.5 Å². The van der Waals surface area contributed by atoms with Gasteiger partial charge in [0.15, 0.2) is 0 Å². The summed E-state index contributed by atoms with van der Waals surface area (Å²) < 4.78 is 40.2. The van der Waals surface area contributed by atoms with Crippen LogP contribution in [0, 0.1) is 6.92 Å². The van der Waals surface area contributed by atoms with Crippen molar-refractivity contribution in [2.45, 2.75) is 25.8 Å². The minimum absolute atomic E-state index is 0.249. The van der Waals surface area contributed by atoms with Crippen LogP contribution < -0.4 is 24.4 Å². The predicted octanol–water partition coefficient (Wildman–Crippen LogP) is 4.02. The molecule has 3 amide bonds. The van der Waals surface area contributed by atoms with E-state index in [0.717, 1.165) is 9.54 Å². The SMILES string of the molecule is COc1ccc(N(C)C(=O)[C@H](CCc2ccccc2)NC(=O)NS(=O)(=O)n2c(C)cc3ccc(OC)cc32)cc1. The van der Waals surface area contributed by atoms with Gasteiger partial charge in [-0.3, -0.25) is 4.79 Å². The summed E-state index contributed by atoms with van der Waals surface area (Å²) in [6.45, 7) is 1.62. The van der Waals surface area contributed by atoms with E-state index >= 15 is 0 Å². The summed E-state index contributed by atoms with van der Waals surface area (Å²) >= 11 is 0. The molecular weight excluding hydrogens is 532 g/mol. The van der Waals surface area contributed by atoms with Crippen molar-refractivity contribution in [3.05, 3.63) is 90.1 Å². The molecule has 0 unspecified atom stereocenters. The van der Waals surface area contributed by atoms with Crippen LogP contribution in [-0.4, -0.2) is 51.6 Å². The summed E-state index contributed by atoms with van der Waals surface area (Å²) in [6.07, 6.45) is 0.737. The quantitative estimate of drug-likeness (QED) is 0.300. The smallest absolute Gasteiger partial charge is 0.331 e. The van der Waals surface area contributed by atoms with Crippen LogP contribution in [0.2, 0.25) is 0 Å². The Bertz CT molecular complexity index is 1600. The van der Waals surface area contributed by atoms with E-state index in [1.807, 2.05) is 30.3 Å². The second kappa shape index (κ2) is 12.1. The van der Waals surface area contributed by atoms with Crippen LogP contribution in [0.15, 0.2) is 78.9 Å². The minimum Gasteiger partial charge on any atom is -0.497 e. The standard InChI is InChI=1S/C29H32N4O6S/c1-20-18-22-11-14-25(39-4)19-27(22)33(20)40(36,37)31-29(35)30-26(17-10-21-8-6-5-7-9-21)28(34)32(2)23-12-15-24(38-3)16-13-23/h5-9,11-16,18-19,26H,10,17H2,1-4H3,(H2,30,31,35)/t26-/m0/s1. The van der Waals surface area contributed by atoms with Crippen molar-refractivity contribution in [1.82, 2.24) is 14.0 Å². The average molecular weight is 565 g/mol. The number of carbonyl (C=O) groups excluding carboxylic acids is 2. The zero-order chi connectivity index (χ0) is 28.9. The average Bonchev–Trinajstić information content (AvgIpc) is 3.30. The molecule has 3 aromatic carbocycles. The fourth-order valence-electron chi connectivity index (χ4n) is 4.47. The first-order valence-electron chi connectivity index (χ1n) is 12.6. The molecule has 0 bridgehead atoms. The van der Waals surface area contributed by atoms with Gasteiger partial charge in [0.1, 0.15) is 17.5 Å². The molecule has 40 heavy (non-hydrogen) atoms. The molecule has 1 heterocycles. The number of urea groups is 1. The molecule has 0 spiro atoms. The van der Waals surface area contributed by atoms with E-state index in [4.69, 9.17) is 9.47 Å². The molecule has 0 aliphatic heterocycles. The summed E-state index contributed by atoms with van der Waals surface area (Å²) in [7, 11) is 0.273. The summed E-state index contributed by atoms with van der Waals surface area (Å²) in [5.74, 6) is 0.707. The van der Waals surface area contributed by atoms with Crippen LogP contribution in [0.25, 0.3) is 10.9 Å². The fraction of sp³-hybridized carbons (Fsp3) is 0.241. The summed E-state index contributed by atoms with van der Waals surface area (Å²) in [4.78, 5) is 28.0. The number of rotatable bonds is 10. The highest BCUT2D eigenvalue weighted by atomic mass is 32.2. The Morgan fingerprint density at radius 2 is 1.57 bits per heavy atom. The number of hydrogen-bond donors (Lipinski definition) is 2. The zero-order valence-corrected chi connectivity index (χ0v) is 23.6.